The Morgan fingerprint density at radius 1 is 0.846 bits per heavy atom. The first kappa shape index (κ1) is 18.7. The predicted molar refractivity (Wildman–Crippen MR) is 93.7 cm³/mol. The van der Waals surface area contributed by atoms with Crippen LogP contribution in [0.5, 0.6) is 0 Å². The van der Waals surface area contributed by atoms with Gasteiger partial charge in [0.2, 0.25) is 11.8 Å². The number of carbonyl (C=O) groups excluding carboxylic acids is 2. The number of anilines is 1. The molecule has 0 aromatic heterocycles. The van der Waals surface area contributed by atoms with Crippen LogP contribution in [0.25, 0.3) is 0 Å². The number of hydrogen-bond acceptors (Lipinski definition) is 4. The molecule has 2 fully saturated rings. The minimum absolute atomic E-state index is 0.113. The Bertz CT molecular complexity index is 636. The number of halogens is 2. The number of nitrogens with one attached hydrogen (secondary N) is 1. The second-order valence-electron chi connectivity index (χ2n) is 6.85. The van der Waals surface area contributed by atoms with Crippen LogP contribution in [-0.2, 0) is 9.59 Å². The second-order valence-corrected chi connectivity index (χ2v) is 6.85. The molecule has 2 saturated heterocycles. The molecule has 1 aromatic rings. The van der Waals surface area contributed by atoms with Gasteiger partial charge in [0.25, 0.3) is 0 Å². The third-order valence-electron chi connectivity index (χ3n) is 4.80. The average molecular weight is 366 g/mol. The fourth-order valence-electron chi connectivity index (χ4n) is 3.39. The van der Waals surface area contributed by atoms with Crippen molar-refractivity contribution in [3.05, 3.63) is 29.8 Å². The van der Waals surface area contributed by atoms with Crippen molar-refractivity contribution in [3.63, 3.8) is 0 Å². The molecule has 2 heterocycles. The molecule has 0 aliphatic carbocycles. The molecule has 0 unspecified atom stereocenters. The molecule has 0 atom stereocenters. The Morgan fingerprint density at radius 2 is 1.38 bits per heavy atom. The van der Waals surface area contributed by atoms with Crippen LogP contribution < -0.4 is 5.32 Å². The van der Waals surface area contributed by atoms with E-state index < -0.39 is 11.6 Å². The molecule has 8 heteroatoms. The smallest absolute Gasteiger partial charge is 0.238 e. The molecular weight excluding hydrogens is 342 g/mol. The predicted octanol–water partition coefficient (Wildman–Crippen LogP) is 1.14. The van der Waals surface area contributed by atoms with Gasteiger partial charge in [-0.3, -0.25) is 19.4 Å². The minimum atomic E-state index is -0.725. The Hall–Kier alpha value is -2.06. The van der Waals surface area contributed by atoms with Gasteiger partial charge in [0, 0.05) is 51.0 Å². The largest absolute Gasteiger partial charge is 0.342 e. The normalized spacial score (nSPS) is 18.9. The summed E-state index contributed by atoms with van der Waals surface area (Å²) >= 11 is 0. The summed E-state index contributed by atoms with van der Waals surface area (Å²) in [5.41, 5.74) is 0.113. The van der Waals surface area contributed by atoms with Crippen molar-refractivity contribution in [1.82, 2.24) is 14.7 Å². The molecule has 142 valence electrons. The monoisotopic (exact) mass is 366 g/mol. The van der Waals surface area contributed by atoms with Crippen LogP contribution in [0.1, 0.15) is 12.8 Å². The van der Waals surface area contributed by atoms with Crippen LogP contribution in [0.3, 0.4) is 0 Å². The zero-order chi connectivity index (χ0) is 18.5. The second kappa shape index (κ2) is 8.55. The molecule has 3 rings (SSSR count). The SMILES string of the molecule is O=C(CN1CCN(CC(=O)N2CCCC2)CC1)Nc1cc(F)cc(F)c1. The third kappa shape index (κ3) is 5.22. The molecule has 2 aliphatic heterocycles. The van der Waals surface area contributed by atoms with Gasteiger partial charge in [0.1, 0.15) is 11.6 Å². The summed E-state index contributed by atoms with van der Waals surface area (Å²) in [6.45, 7) is 5.12. The molecule has 0 spiro atoms. The Kier molecular flexibility index (Phi) is 6.16. The fourth-order valence-corrected chi connectivity index (χ4v) is 3.39. The van der Waals surface area contributed by atoms with Gasteiger partial charge in [-0.25, -0.2) is 8.78 Å². The minimum Gasteiger partial charge on any atom is -0.342 e. The summed E-state index contributed by atoms with van der Waals surface area (Å²) in [6, 6.07) is 2.93. The van der Waals surface area contributed by atoms with E-state index >= 15 is 0 Å². The maximum atomic E-state index is 13.2. The van der Waals surface area contributed by atoms with E-state index in [-0.39, 0.29) is 24.0 Å². The van der Waals surface area contributed by atoms with Crippen LogP contribution in [-0.4, -0.2) is 78.9 Å². The Labute approximate surface area is 151 Å². The lowest BCUT2D eigenvalue weighted by Gasteiger charge is -2.34. The zero-order valence-electron chi connectivity index (χ0n) is 14.7. The lowest BCUT2D eigenvalue weighted by atomic mass is 10.2. The van der Waals surface area contributed by atoms with Gasteiger partial charge >= 0.3 is 0 Å². The number of piperazine rings is 1. The molecular formula is C18H24F2N4O2. The summed E-state index contributed by atoms with van der Waals surface area (Å²) in [6.07, 6.45) is 2.17. The molecule has 0 saturated carbocycles. The van der Waals surface area contributed by atoms with Crippen molar-refractivity contribution in [1.29, 1.82) is 0 Å². The van der Waals surface area contributed by atoms with Crippen molar-refractivity contribution in [2.45, 2.75) is 12.8 Å². The number of nitrogens with zero attached hydrogens (tertiary/aromatic N) is 3. The topological polar surface area (TPSA) is 55.9 Å². The summed E-state index contributed by atoms with van der Waals surface area (Å²) in [4.78, 5) is 30.2. The van der Waals surface area contributed by atoms with Gasteiger partial charge in [0.05, 0.1) is 13.1 Å². The van der Waals surface area contributed by atoms with Gasteiger partial charge in [-0.1, -0.05) is 0 Å². The van der Waals surface area contributed by atoms with E-state index in [0.29, 0.717) is 19.6 Å². The highest BCUT2D eigenvalue weighted by Crippen LogP contribution is 2.13. The third-order valence-corrected chi connectivity index (χ3v) is 4.80. The lowest BCUT2D eigenvalue weighted by Crippen LogP contribution is -2.51. The first-order chi connectivity index (χ1) is 12.5. The summed E-state index contributed by atoms with van der Waals surface area (Å²) in [7, 11) is 0. The van der Waals surface area contributed by atoms with Gasteiger partial charge in [-0.2, -0.15) is 0 Å². The highest BCUT2D eigenvalue weighted by Gasteiger charge is 2.24. The van der Waals surface area contributed by atoms with Gasteiger partial charge in [-0.15, -0.1) is 0 Å². The van der Waals surface area contributed by atoms with E-state index in [1.165, 1.54) is 0 Å². The van der Waals surface area contributed by atoms with Gasteiger partial charge < -0.3 is 10.2 Å². The van der Waals surface area contributed by atoms with Crippen LogP contribution in [0.15, 0.2) is 18.2 Å². The molecule has 0 bridgehead atoms. The fraction of sp³-hybridized carbons (Fsp3) is 0.556. The molecule has 6 nitrogen and oxygen atoms in total. The maximum Gasteiger partial charge on any atom is 0.238 e. The summed E-state index contributed by atoms with van der Waals surface area (Å²) in [5.74, 6) is -1.58. The van der Waals surface area contributed by atoms with E-state index in [0.717, 1.165) is 57.2 Å². The number of likely N-dealkylation sites (tertiary alicyclic amines) is 1. The van der Waals surface area contributed by atoms with E-state index in [4.69, 9.17) is 0 Å². The molecule has 1 aromatic carbocycles. The van der Waals surface area contributed by atoms with Crippen molar-refractivity contribution < 1.29 is 18.4 Å². The van der Waals surface area contributed by atoms with Crippen molar-refractivity contribution >= 4 is 17.5 Å². The molecule has 1 N–H and O–H groups in total. The van der Waals surface area contributed by atoms with Crippen molar-refractivity contribution in [3.8, 4) is 0 Å². The quantitative estimate of drug-likeness (QED) is 0.849. The van der Waals surface area contributed by atoms with E-state index in [1.807, 2.05) is 9.80 Å². The molecule has 2 aliphatic rings. The van der Waals surface area contributed by atoms with Crippen molar-refractivity contribution in [2.24, 2.45) is 0 Å². The lowest BCUT2D eigenvalue weighted by molar-refractivity contribution is -0.132. The molecule has 0 radical (unpaired) electrons. The summed E-state index contributed by atoms with van der Waals surface area (Å²) in [5, 5.41) is 2.52. The van der Waals surface area contributed by atoms with Crippen molar-refractivity contribution in [2.75, 3.05) is 57.7 Å². The summed E-state index contributed by atoms with van der Waals surface area (Å²) < 4.78 is 26.3. The Morgan fingerprint density at radius 3 is 1.96 bits per heavy atom. The number of carbonyl (C=O) groups is 2. The van der Waals surface area contributed by atoms with Crippen LogP contribution in [0, 0.1) is 11.6 Å². The highest BCUT2D eigenvalue weighted by molar-refractivity contribution is 5.92. The van der Waals surface area contributed by atoms with Crippen LogP contribution >= 0.6 is 0 Å². The first-order valence-corrected chi connectivity index (χ1v) is 8.98. The number of hydrogen-bond donors (Lipinski definition) is 1. The maximum absolute atomic E-state index is 13.2. The van der Waals surface area contributed by atoms with E-state index in [1.54, 1.807) is 0 Å². The first-order valence-electron chi connectivity index (χ1n) is 8.98. The van der Waals surface area contributed by atoms with E-state index in [9.17, 15) is 18.4 Å². The van der Waals surface area contributed by atoms with Crippen LogP contribution in [0.2, 0.25) is 0 Å². The molecule has 2 amide bonds. The van der Waals surface area contributed by atoms with Crippen LogP contribution in [0.4, 0.5) is 14.5 Å². The number of rotatable bonds is 5. The zero-order valence-corrected chi connectivity index (χ0v) is 14.7. The standard InChI is InChI=1S/C18H24F2N4O2/c19-14-9-15(20)11-16(10-14)21-17(25)12-22-5-7-23(8-6-22)13-18(26)24-3-1-2-4-24/h9-11H,1-8,12-13H2,(H,21,25). The van der Waals surface area contributed by atoms with Gasteiger partial charge in [-0.05, 0) is 25.0 Å². The Balaban J connectivity index is 1.40. The average Bonchev–Trinajstić information content (AvgIpc) is 3.10. The number of amides is 2. The van der Waals surface area contributed by atoms with E-state index in [2.05, 4.69) is 10.2 Å². The molecule has 26 heavy (non-hydrogen) atoms. The highest BCUT2D eigenvalue weighted by atomic mass is 19.1. The number of benzene rings is 1. The van der Waals surface area contributed by atoms with Gasteiger partial charge in [0.15, 0.2) is 0 Å².